The molecule has 0 bridgehead atoms. The summed E-state index contributed by atoms with van der Waals surface area (Å²) in [6.07, 6.45) is 7.47. The number of halogens is 1. The molecule has 3 aromatic heterocycles. The maximum Gasteiger partial charge on any atom is 0.280 e. The minimum atomic E-state index is -0.481. The Morgan fingerprint density at radius 2 is 1.96 bits per heavy atom. The van der Waals surface area contributed by atoms with Crippen LogP contribution in [-0.2, 0) is 12.6 Å². The van der Waals surface area contributed by atoms with E-state index in [9.17, 15) is 0 Å². The van der Waals surface area contributed by atoms with Crippen LogP contribution in [0.5, 0.6) is 0 Å². The molecule has 1 fully saturated rings. The second-order valence-electron chi connectivity index (χ2n) is 6.11. The predicted octanol–water partition coefficient (Wildman–Crippen LogP) is 2.58. The lowest BCUT2D eigenvalue weighted by molar-refractivity contribution is 0.372. The van der Waals surface area contributed by atoms with Crippen LogP contribution < -0.4 is 5.73 Å². The summed E-state index contributed by atoms with van der Waals surface area (Å²) in [7, 11) is 1.84. The third kappa shape index (κ3) is 2.71. The molecule has 0 amide bonds. The van der Waals surface area contributed by atoms with Gasteiger partial charge in [-0.2, -0.15) is 10.1 Å². The van der Waals surface area contributed by atoms with Crippen LogP contribution in [0.4, 0.5) is 0 Å². The average molecular weight is 351 g/mol. The fraction of sp³-hybridized carbons (Fsp3) is 0.467. The molecular formula is C15H19ClN6O2. The first-order valence-electron chi connectivity index (χ1n) is 7.65. The van der Waals surface area contributed by atoms with Crippen molar-refractivity contribution < 1.29 is 8.94 Å². The summed E-state index contributed by atoms with van der Waals surface area (Å²) in [6.45, 7) is 1.82. The third-order valence-electron chi connectivity index (χ3n) is 4.32. The maximum absolute atomic E-state index is 6.37. The predicted molar refractivity (Wildman–Crippen MR) is 88.3 cm³/mol. The Morgan fingerprint density at radius 1 is 1.21 bits per heavy atom. The van der Waals surface area contributed by atoms with E-state index in [1.54, 1.807) is 10.9 Å². The molecule has 2 N–H and O–H groups in total. The van der Waals surface area contributed by atoms with Gasteiger partial charge < -0.3 is 14.7 Å². The normalized spacial score (nSPS) is 16.3. The SMILES string of the molecule is Cc1oc(-c2cnn(C)c2)nc1-c1nc(C2(N)CCCC2)no1.Cl. The summed E-state index contributed by atoms with van der Waals surface area (Å²) in [5, 5.41) is 8.18. The lowest BCUT2D eigenvalue weighted by atomic mass is 9.99. The largest absolute Gasteiger partial charge is 0.440 e. The Morgan fingerprint density at radius 3 is 2.62 bits per heavy atom. The number of oxazole rings is 1. The second kappa shape index (κ2) is 6.03. The van der Waals surface area contributed by atoms with Gasteiger partial charge in [0.15, 0.2) is 11.5 Å². The Kier molecular flexibility index (Phi) is 4.18. The van der Waals surface area contributed by atoms with Crippen molar-refractivity contribution >= 4 is 12.4 Å². The maximum atomic E-state index is 6.37. The van der Waals surface area contributed by atoms with E-state index in [1.807, 2.05) is 20.2 Å². The molecule has 0 unspecified atom stereocenters. The number of rotatable bonds is 3. The molecule has 1 aliphatic carbocycles. The number of hydrogen-bond acceptors (Lipinski definition) is 7. The van der Waals surface area contributed by atoms with E-state index in [2.05, 4.69) is 20.2 Å². The highest BCUT2D eigenvalue weighted by Crippen LogP contribution is 2.36. The van der Waals surface area contributed by atoms with Crippen molar-refractivity contribution in [2.24, 2.45) is 12.8 Å². The second-order valence-corrected chi connectivity index (χ2v) is 6.11. The van der Waals surface area contributed by atoms with E-state index < -0.39 is 5.54 Å². The fourth-order valence-electron chi connectivity index (χ4n) is 3.00. The molecule has 0 aliphatic heterocycles. The van der Waals surface area contributed by atoms with Gasteiger partial charge in [-0.1, -0.05) is 18.0 Å². The number of nitrogens with zero attached hydrogens (tertiary/aromatic N) is 5. The molecule has 1 saturated carbocycles. The smallest absolute Gasteiger partial charge is 0.280 e. The van der Waals surface area contributed by atoms with Gasteiger partial charge in [0, 0.05) is 13.2 Å². The molecule has 24 heavy (non-hydrogen) atoms. The Balaban J connectivity index is 0.00000169. The summed E-state index contributed by atoms with van der Waals surface area (Å²) in [5.74, 6) is 1.99. The first-order chi connectivity index (χ1) is 11.0. The van der Waals surface area contributed by atoms with Crippen molar-refractivity contribution in [3.8, 4) is 23.0 Å². The Labute approximate surface area is 144 Å². The van der Waals surface area contributed by atoms with Gasteiger partial charge in [0.2, 0.25) is 5.89 Å². The monoisotopic (exact) mass is 350 g/mol. The number of hydrogen-bond donors (Lipinski definition) is 1. The van der Waals surface area contributed by atoms with Crippen LogP contribution in [0.3, 0.4) is 0 Å². The van der Waals surface area contributed by atoms with E-state index in [0.29, 0.717) is 29.1 Å². The molecule has 4 rings (SSSR count). The summed E-state index contributed by atoms with van der Waals surface area (Å²) in [4.78, 5) is 8.93. The lowest BCUT2D eigenvalue weighted by Crippen LogP contribution is -2.34. The summed E-state index contributed by atoms with van der Waals surface area (Å²) >= 11 is 0. The number of aryl methyl sites for hydroxylation is 2. The van der Waals surface area contributed by atoms with E-state index in [1.165, 1.54) is 0 Å². The van der Waals surface area contributed by atoms with Gasteiger partial charge in [-0.05, 0) is 19.8 Å². The van der Waals surface area contributed by atoms with Crippen LogP contribution in [0.25, 0.3) is 23.0 Å². The fourth-order valence-corrected chi connectivity index (χ4v) is 3.00. The minimum absolute atomic E-state index is 0. The highest BCUT2D eigenvalue weighted by atomic mass is 35.5. The van der Waals surface area contributed by atoms with E-state index in [-0.39, 0.29) is 12.4 Å². The molecule has 128 valence electrons. The zero-order valence-corrected chi connectivity index (χ0v) is 14.3. The highest BCUT2D eigenvalue weighted by molar-refractivity contribution is 5.85. The molecule has 0 atom stereocenters. The van der Waals surface area contributed by atoms with Crippen LogP contribution in [-0.4, -0.2) is 24.9 Å². The molecule has 0 aromatic carbocycles. The zero-order chi connectivity index (χ0) is 16.0. The topological polar surface area (TPSA) is 109 Å². The lowest BCUT2D eigenvalue weighted by Gasteiger charge is -2.17. The van der Waals surface area contributed by atoms with Crippen molar-refractivity contribution in [3.05, 3.63) is 24.0 Å². The molecular weight excluding hydrogens is 332 g/mol. The van der Waals surface area contributed by atoms with Gasteiger partial charge in [-0.3, -0.25) is 4.68 Å². The van der Waals surface area contributed by atoms with E-state index >= 15 is 0 Å². The van der Waals surface area contributed by atoms with E-state index in [0.717, 1.165) is 31.2 Å². The zero-order valence-electron chi connectivity index (χ0n) is 13.5. The Bertz CT molecular complexity index is 846. The molecule has 0 spiro atoms. The highest BCUT2D eigenvalue weighted by Gasteiger charge is 2.36. The molecule has 8 nitrogen and oxygen atoms in total. The molecule has 0 saturated heterocycles. The molecule has 9 heteroatoms. The van der Waals surface area contributed by atoms with Gasteiger partial charge in [0.1, 0.15) is 5.76 Å². The third-order valence-corrected chi connectivity index (χ3v) is 4.32. The average Bonchev–Trinajstić information content (AvgIpc) is 3.25. The molecule has 0 radical (unpaired) electrons. The van der Waals surface area contributed by atoms with Crippen molar-refractivity contribution in [1.82, 2.24) is 24.9 Å². The molecule has 3 heterocycles. The van der Waals surface area contributed by atoms with Crippen LogP contribution in [0, 0.1) is 6.92 Å². The van der Waals surface area contributed by atoms with Gasteiger partial charge in [-0.25, -0.2) is 4.98 Å². The quantitative estimate of drug-likeness (QED) is 0.773. The summed E-state index contributed by atoms with van der Waals surface area (Å²) < 4.78 is 12.8. The van der Waals surface area contributed by atoms with Crippen molar-refractivity contribution in [1.29, 1.82) is 0 Å². The first-order valence-corrected chi connectivity index (χ1v) is 7.65. The molecule has 1 aliphatic rings. The van der Waals surface area contributed by atoms with Crippen LogP contribution in [0.15, 0.2) is 21.3 Å². The number of nitrogens with two attached hydrogens (primary N) is 1. The standard InChI is InChI=1S/C15H18N6O2.ClH/c1-9-11(18-12(22-9)10-7-17-21(2)8-10)13-19-14(20-23-13)15(16)5-3-4-6-15;/h7-8H,3-6,16H2,1-2H3;1H. The van der Waals surface area contributed by atoms with Gasteiger partial charge in [0.25, 0.3) is 5.89 Å². The number of aromatic nitrogens is 5. The van der Waals surface area contributed by atoms with Crippen molar-refractivity contribution in [2.45, 2.75) is 38.1 Å². The van der Waals surface area contributed by atoms with Crippen molar-refractivity contribution in [2.75, 3.05) is 0 Å². The van der Waals surface area contributed by atoms with Crippen LogP contribution in [0.2, 0.25) is 0 Å². The van der Waals surface area contributed by atoms with Crippen LogP contribution >= 0.6 is 12.4 Å². The first kappa shape index (κ1) is 16.7. The molecule has 3 aromatic rings. The van der Waals surface area contributed by atoms with Crippen LogP contribution in [0.1, 0.15) is 37.3 Å². The van der Waals surface area contributed by atoms with Crippen molar-refractivity contribution in [3.63, 3.8) is 0 Å². The Hall–Kier alpha value is -2.19. The van der Waals surface area contributed by atoms with Gasteiger partial charge >= 0.3 is 0 Å². The van der Waals surface area contributed by atoms with E-state index in [4.69, 9.17) is 14.7 Å². The van der Waals surface area contributed by atoms with Gasteiger partial charge in [-0.15, -0.1) is 12.4 Å². The minimum Gasteiger partial charge on any atom is -0.440 e. The van der Waals surface area contributed by atoms with Gasteiger partial charge in [0.05, 0.1) is 17.3 Å². The summed E-state index contributed by atoms with van der Waals surface area (Å²) in [5.41, 5.74) is 7.23. The summed E-state index contributed by atoms with van der Waals surface area (Å²) in [6, 6.07) is 0.